The highest BCUT2D eigenvalue weighted by Crippen LogP contribution is 2.26. The zero-order valence-corrected chi connectivity index (χ0v) is 15.2. The van der Waals surface area contributed by atoms with E-state index in [1.165, 1.54) is 24.0 Å². The van der Waals surface area contributed by atoms with Gasteiger partial charge in [-0.15, -0.1) is 0 Å². The molecule has 25 heavy (non-hydrogen) atoms. The summed E-state index contributed by atoms with van der Waals surface area (Å²) in [6.45, 7) is 2.79. The lowest BCUT2D eigenvalue weighted by Crippen LogP contribution is -2.36. The molecule has 3 rings (SSSR count). The first-order chi connectivity index (χ1) is 12.2. The summed E-state index contributed by atoms with van der Waals surface area (Å²) in [6.07, 6.45) is 3.74. The highest BCUT2D eigenvalue weighted by atomic mass is 35.5. The van der Waals surface area contributed by atoms with Crippen LogP contribution in [0.1, 0.15) is 36.4 Å². The van der Waals surface area contributed by atoms with Crippen LogP contribution in [0.3, 0.4) is 0 Å². The third-order valence-electron chi connectivity index (χ3n) is 4.79. The lowest BCUT2D eigenvalue weighted by atomic mass is 10.1. The van der Waals surface area contributed by atoms with Gasteiger partial charge in [0.15, 0.2) is 0 Å². The maximum absolute atomic E-state index is 12.3. The van der Waals surface area contributed by atoms with E-state index >= 15 is 0 Å². The first-order valence-corrected chi connectivity index (χ1v) is 9.40. The SMILES string of the molecule is O=C(CCc1ccccc1)NCC(c1cccc(Cl)c1)N1CCCC1. The fraction of sp³-hybridized carbons (Fsp3) is 0.381. The second-order valence-corrected chi connectivity index (χ2v) is 7.04. The van der Waals surface area contributed by atoms with E-state index in [1.807, 2.05) is 36.4 Å². The van der Waals surface area contributed by atoms with Crippen molar-refractivity contribution in [1.29, 1.82) is 0 Å². The van der Waals surface area contributed by atoms with E-state index in [1.54, 1.807) is 0 Å². The maximum atomic E-state index is 12.3. The zero-order valence-electron chi connectivity index (χ0n) is 14.5. The molecule has 0 saturated carbocycles. The second kappa shape index (κ2) is 9.02. The Balaban J connectivity index is 1.57. The average Bonchev–Trinajstić information content (AvgIpc) is 3.15. The molecule has 0 spiro atoms. The minimum Gasteiger partial charge on any atom is -0.354 e. The summed E-state index contributed by atoms with van der Waals surface area (Å²) in [5.41, 5.74) is 2.38. The Morgan fingerprint density at radius 3 is 2.56 bits per heavy atom. The average molecular weight is 357 g/mol. The first-order valence-electron chi connectivity index (χ1n) is 9.02. The van der Waals surface area contributed by atoms with E-state index in [0.29, 0.717) is 13.0 Å². The van der Waals surface area contributed by atoms with Crippen molar-refractivity contribution in [1.82, 2.24) is 10.2 Å². The molecular weight excluding hydrogens is 332 g/mol. The molecule has 1 atom stereocenters. The van der Waals surface area contributed by atoms with Crippen molar-refractivity contribution >= 4 is 17.5 Å². The van der Waals surface area contributed by atoms with Gasteiger partial charge in [0.2, 0.25) is 5.91 Å². The molecule has 1 fully saturated rings. The molecule has 0 bridgehead atoms. The lowest BCUT2D eigenvalue weighted by molar-refractivity contribution is -0.121. The molecule has 0 aromatic heterocycles. The fourth-order valence-corrected chi connectivity index (χ4v) is 3.63. The third kappa shape index (κ3) is 5.32. The highest BCUT2D eigenvalue weighted by molar-refractivity contribution is 6.30. The van der Waals surface area contributed by atoms with Gasteiger partial charge >= 0.3 is 0 Å². The molecule has 0 radical (unpaired) electrons. The number of carbonyl (C=O) groups is 1. The van der Waals surface area contributed by atoms with Crippen LogP contribution >= 0.6 is 11.6 Å². The number of amides is 1. The number of nitrogens with zero attached hydrogens (tertiary/aromatic N) is 1. The number of hydrogen-bond donors (Lipinski definition) is 1. The summed E-state index contributed by atoms with van der Waals surface area (Å²) in [4.78, 5) is 14.7. The molecule has 1 aliphatic rings. The van der Waals surface area contributed by atoms with E-state index in [-0.39, 0.29) is 11.9 Å². The normalized spacial score (nSPS) is 15.9. The molecule has 3 nitrogen and oxygen atoms in total. The van der Waals surface area contributed by atoms with Gasteiger partial charge in [-0.05, 0) is 55.6 Å². The number of hydrogen-bond acceptors (Lipinski definition) is 2. The number of aryl methyl sites for hydroxylation is 1. The van der Waals surface area contributed by atoms with Crippen molar-refractivity contribution < 1.29 is 4.79 Å². The Morgan fingerprint density at radius 2 is 1.84 bits per heavy atom. The van der Waals surface area contributed by atoms with Gasteiger partial charge in [-0.3, -0.25) is 9.69 Å². The quantitative estimate of drug-likeness (QED) is 0.805. The summed E-state index contributed by atoms with van der Waals surface area (Å²) in [5, 5.41) is 3.87. The van der Waals surface area contributed by atoms with Crippen LogP contribution in [0.25, 0.3) is 0 Å². The Bertz CT molecular complexity index is 683. The van der Waals surface area contributed by atoms with E-state index < -0.39 is 0 Å². The van der Waals surface area contributed by atoms with Gasteiger partial charge in [-0.2, -0.15) is 0 Å². The van der Waals surface area contributed by atoms with Crippen LogP contribution in [0.2, 0.25) is 5.02 Å². The number of likely N-dealkylation sites (tertiary alicyclic amines) is 1. The van der Waals surface area contributed by atoms with Crippen LogP contribution in [0.15, 0.2) is 54.6 Å². The minimum absolute atomic E-state index is 0.107. The maximum Gasteiger partial charge on any atom is 0.220 e. The van der Waals surface area contributed by atoms with Gasteiger partial charge in [0.05, 0.1) is 6.04 Å². The Hall–Kier alpha value is -1.84. The molecule has 0 aliphatic carbocycles. The third-order valence-corrected chi connectivity index (χ3v) is 5.03. The summed E-state index contributed by atoms with van der Waals surface area (Å²) in [7, 11) is 0. The fourth-order valence-electron chi connectivity index (χ4n) is 3.43. The van der Waals surface area contributed by atoms with Crippen LogP contribution < -0.4 is 5.32 Å². The molecule has 4 heteroatoms. The first kappa shape index (κ1) is 18.0. The van der Waals surface area contributed by atoms with Crippen molar-refractivity contribution in [3.63, 3.8) is 0 Å². The molecule has 1 heterocycles. The number of carbonyl (C=O) groups excluding carboxylic acids is 1. The molecule has 1 amide bonds. The molecule has 1 aliphatic heterocycles. The minimum atomic E-state index is 0.107. The standard InChI is InChI=1S/C21H25ClN2O/c22-19-10-6-9-18(15-19)20(24-13-4-5-14-24)16-23-21(25)12-11-17-7-2-1-3-8-17/h1-3,6-10,15,20H,4-5,11-14,16H2,(H,23,25). The highest BCUT2D eigenvalue weighted by Gasteiger charge is 2.24. The summed E-state index contributed by atoms with van der Waals surface area (Å²) in [6, 6.07) is 18.3. The van der Waals surface area contributed by atoms with Crippen molar-refractivity contribution in [2.45, 2.75) is 31.7 Å². The number of nitrogens with one attached hydrogen (secondary N) is 1. The van der Waals surface area contributed by atoms with E-state index in [0.717, 1.165) is 24.5 Å². The van der Waals surface area contributed by atoms with Crippen molar-refractivity contribution in [3.05, 3.63) is 70.7 Å². The lowest BCUT2D eigenvalue weighted by Gasteiger charge is -2.28. The molecular formula is C21H25ClN2O. The Kier molecular flexibility index (Phi) is 6.48. The van der Waals surface area contributed by atoms with Gasteiger partial charge in [-0.25, -0.2) is 0 Å². The van der Waals surface area contributed by atoms with Crippen LogP contribution in [-0.4, -0.2) is 30.4 Å². The predicted molar refractivity (Wildman–Crippen MR) is 103 cm³/mol. The van der Waals surface area contributed by atoms with Crippen molar-refractivity contribution in [2.24, 2.45) is 0 Å². The van der Waals surface area contributed by atoms with E-state index in [4.69, 9.17) is 11.6 Å². The van der Waals surface area contributed by atoms with E-state index in [2.05, 4.69) is 28.4 Å². The number of halogens is 1. The van der Waals surface area contributed by atoms with Gasteiger partial charge in [0.25, 0.3) is 0 Å². The monoisotopic (exact) mass is 356 g/mol. The Labute approximate surface area is 155 Å². The van der Waals surface area contributed by atoms with Crippen LogP contribution in [-0.2, 0) is 11.2 Å². The van der Waals surface area contributed by atoms with Crippen LogP contribution in [0.5, 0.6) is 0 Å². The Morgan fingerprint density at radius 1 is 1.08 bits per heavy atom. The largest absolute Gasteiger partial charge is 0.354 e. The van der Waals surface area contributed by atoms with Crippen LogP contribution in [0, 0.1) is 0 Å². The second-order valence-electron chi connectivity index (χ2n) is 6.60. The molecule has 2 aromatic rings. The summed E-state index contributed by atoms with van der Waals surface area (Å²) in [5.74, 6) is 0.107. The molecule has 132 valence electrons. The van der Waals surface area contributed by atoms with Crippen LogP contribution in [0.4, 0.5) is 0 Å². The molecule has 2 aromatic carbocycles. The zero-order chi connectivity index (χ0) is 17.5. The van der Waals surface area contributed by atoms with Gasteiger partial charge in [0.1, 0.15) is 0 Å². The number of rotatable bonds is 7. The summed E-state index contributed by atoms with van der Waals surface area (Å²) >= 11 is 6.17. The molecule has 1 N–H and O–H groups in total. The van der Waals surface area contributed by atoms with Gasteiger partial charge < -0.3 is 5.32 Å². The smallest absolute Gasteiger partial charge is 0.220 e. The molecule has 1 unspecified atom stereocenters. The molecule has 1 saturated heterocycles. The topological polar surface area (TPSA) is 32.3 Å². The number of benzene rings is 2. The predicted octanol–water partition coefficient (Wildman–Crippen LogP) is 4.23. The van der Waals surface area contributed by atoms with Crippen molar-refractivity contribution in [2.75, 3.05) is 19.6 Å². The summed E-state index contributed by atoms with van der Waals surface area (Å²) < 4.78 is 0. The van der Waals surface area contributed by atoms with E-state index in [9.17, 15) is 4.79 Å². The van der Waals surface area contributed by atoms with Gasteiger partial charge in [0, 0.05) is 18.0 Å². The van der Waals surface area contributed by atoms with Gasteiger partial charge in [-0.1, -0.05) is 54.1 Å². The van der Waals surface area contributed by atoms with Crippen molar-refractivity contribution in [3.8, 4) is 0 Å².